The molecule has 4 heteroatoms. The molecule has 1 aliphatic heterocycles. The van der Waals surface area contributed by atoms with Crippen LogP contribution in [-0.2, 0) is 0 Å². The number of hydrogen-bond donors (Lipinski definition) is 1. The number of halogens is 2. The highest BCUT2D eigenvalue weighted by Gasteiger charge is 2.21. The minimum atomic E-state index is -0.156. The second kappa shape index (κ2) is 8.60. The van der Waals surface area contributed by atoms with Crippen molar-refractivity contribution in [1.29, 1.82) is 0 Å². The fourth-order valence-electron chi connectivity index (χ4n) is 3.07. The molecule has 114 valence electrons. The van der Waals surface area contributed by atoms with Gasteiger partial charge in [-0.2, -0.15) is 0 Å². The highest BCUT2D eigenvalue weighted by Crippen LogP contribution is 2.23. The fourth-order valence-corrected chi connectivity index (χ4v) is 3.07. The van der Waals surface area contributed by atoms with Gasteiger partial charge in [-0.1, -0.05) is 19.1 Å². The number of hydrogen-bond acceptors (Lipinski definition) is 2. The molecule has 1 fully saturated rings. The van der Waals surface area contributed by atoms with E-state index < -0.39 is 0 Å². The van der Waals surface area contributed by atoms with Crippen LogP contribution in [0.5, 0.6) is 0 Å². The van der Waals surface area contributed by atoms with E-state index >= 15 is 0 Å². The molecular weight excluding hydrogens is 275 g/mol. The first-order valence-corrected chi connectivity index (χ1v) is 7.37. The maximum absolute atomic E-state index is 12.9. The number of rotatable bonds is 5. The van der Waals surface area contributed by atoms with E-state index in [2.05, 4.69) is 11.8 Å². The summed E-state index contributed by atoms with van der Waals surface area (Å²) in [6, 6.07) is 6.92. The molecule has 1 heterocycles. The van der Waals surface area contributed by atoms with Gasteiger partial charge in [0.05, 0.1) is 0 Å². The van der Waals surface area contributed by atoms with E-state index in [1.54, 1.807) is 12.1 Å². The van der Waals surface area contributed by atoms with Gasteiger partial charge in [0.1, 0.15) is 5.82 Å². The van der Waals surface area contributed by atoms with E-state index in [9.17, 15) is 4.39 Å². The Morgan fingerprint density at radius 2 is 2.05 bits per heavy atom. The quantitative estimate of drug-likeness (QED) is 0.903. The molecule has 0 amide bonds. The monoisotopic (exact) mass is 300 g/mol. The summed E-state index contributed by atoms with van der Waals surface area (Å²) < 4.78 is 12.9. The Kier molecular flexibility index (Phi) is 7.49. The van der Waals surface area contributed by atoms with Gasteiger partial charge in [-0.05, 0) is 61.9 Å². The van der Waals surface area contributed by atoms with Crippen LogP contribution in [0.2, 0.25) is 0 Å². The molecule has 2 unspecified atom stereocenters. The first-order valence-electron chi connectivity index (χ1n) is 7.37. The summed E-state index contributed by atoms with van der Waals surface area (Å²) in [6.45, 7) is 6.44. The Morgan fingerprint density at radius 1 is 1.35 bits per heavy atom. The van der Waals surface area contributed by atoms with Crippen LogP contribution in [0, 0.1) is 11.7 Å². The molecule has 0 bridgehead atoms. The van der Waals surface area contributed by atoms with Gasteiger partial charge in [0.2, 0.25) is 0 Å². The Morgan fingerprint density at radius 3 is 2.70 bits per heavy atom. The van der Waals surface area contributed by atoms with Crippen LogP contribution < -0.4 is 5.73 Å². The van der Waals surface area contributed by atoms with Crippen molar-refractivity contribution < 1.29 is 4.39 Å². The van der Waals surface area contributed by atoms with Gasteiger partial charge in [0.25, 0.3) is 0 Å². The van der Waals surface area contributed by atoms with Crippen molar-refractivity contribution in [2.45, 2.75) is 32.1 Å². The fraction of sp³-hybridized carbons (Fsp3) is 0.625. The summed E-state index contributed by atoms with van der Waals surface area (Å²) in [5.41, 5.74) is 6.88. The van der Waals surface area contributed by atoms with Crippen molar-refractivity contribution in [3.05, 3.63) is 35.6 Å². The largest absolute Gasteiger partial charge is 0.330 e. The number of piperidine rings is 1. The number of nitrogens with zero attached hydrogens (tertiary/aromatic N) is 1. The van der Waals surface area contributed by atoms with Crippen LogP contribution in [-0.4, -0.2) is 31.1 Å². The Hall–Kier alpha value is -0.640. The average molecular weight is 301 g/mol. The van der Waals surface area contributed by atoms with E-state index in [4.69, 9.17) is 5.73 Å². The molecule has 2 nitrogen and oxygen atoms in total. The topological polar surface area (TPSA) is 29.3 Å². The Labute approximate surface area is 127 Å². The lowest BCUT2D eigenvalue weighted by molar-refractivity contribution is 0.163. The molecule has 1 aromatic rings. The maximum atomic E-state index is 12.9. The van der Waals surface area contributed by atoms with Crippen molar-refractivity contribution in [3.63, 3.8) is 0 Å². The zero-order chi connectivity index (χ0) is 13.7. The molecule has 2 N–H and O–H groups in total. The summed E-state index contributed by atoms with van der Waals surface area (Å²) in [4.78, 5) is 2.54. The highest BCUT2D eigenvalue weighted by atomic mass is 35.5. The summed E-state index contributed by atoms with van der Waals surface area (Å²) in [7, 11) is 0. The van der Waals surface area contributed by atoms with Crippen LogP contribution in [0.25, 0.3) is 0 Å². The Bertz CT molecular complexity index is 381. The molecule has 0 saturated carbocycles. The molecule has 0 radical (unpaired) electrons. The van der Waals surface area contributed by atoms with Crippen LogP contribution in [0.1, 0.15) is 37.7 Å². The van der Waals surface area contributed by atoms with Gasteiger partial charge in [-0.15, -0.1) is 12.4 Å². The third-order valence-corrected chi connectivity index (χ3v) is 4.15. The third-order valence-electron chi connectivity index (χ3n) is 4.15. The smallest absolute Gasteiger partial charge is 0.123 e. The predicted octanol–water partition coefficient (Wildman–Crippen LogP) is 3.41. The lowest BCUT2D eigenvalue weighted by Gasteiger charge is -2.34. The van der Waals surface area contributed by atoms with Gasteiger partial charge >= 0.3 is 0 Å². The van der Waals surface area contributed by atoms with Gasteiger partial charge < -0.3 is 10.6 Å². The van der Waals surface area contributed by atoms with Crippen molar-refractivity contribution in [2.75, 3.05) is 26.2 Å². The first kappa shape index (κ1) is 17.4. The van der Waals surface area contributed by atoms with Crippen LogP contribution in [0.15, 0.2) is 24.3 Å². The molecule has 1 aliphatic rings. The molecule has 0 aliphatic carbocycles. The predicted molar refractivity (Wildman–Crippen MR) is 84.9 cm³/mol. The summed E-state index contributed by atoms with van der Waals surface area (Å²) in [6.07, 6.45) is 3.74. The van der Waals surface area contributed by atoms with Crippen molar-refractivity contribution in [2.24, 2.45) is 11.7 Å². The molecule has 20 heavy (non-hydrogen) atoms. The summed E-state index contributed by atoms with van der Waals surface area (Å²) in [5.74, 6) is 1.06. The van der Waals surface area contributed by atoms with Crippen molar-refractivity contribution >= 4 is 12.4 Å². The Balaban J connectivity index is 0.00000200. The van der Waals surface area contributed by atoms with E-state index in [1.165, 1.54) is 31.5 Å². The van der Waals surface area contributed by atoms with Crippen LogP contribution in [0.3, 0.4) is 0 Å². The zero-order valence-electron chi connectivity index (χ0n) is 12.2. The molecule has 1 aromatic carbocycles. The molecule has 2 rings (SSSR count). The van der Waals surface area contributed by atoms with E-state index in [0.29, 0.717) is 5.92 Å². The SMILES string of the molecule is CC(CN1CCCC(CCN)C1)c1ccc(F)cc1.Cl. The number of likely N-dealkylation sites (tertiary alicyclic amines) is 1. The van der Waals surface area contributed by atoms with Crippen molar-refractivity contribution in [1.82, 2.24) is 4.90 Å². The third kappa shape index (κ3) is 5.04. The normalized spacial score (nSPS) is 21.2. The molecule has 0 spiro atoms. The first-order chi connectivity index (χ1) is 9.19. The van der Waals surface area contributed by atoms with Crippen molar-refractivity contribution in [3.8, 4) is 0 Å². The summed E-state index contributed by atoms with van der Waals surface area (Å²) >= 11 is 0. The second-order valence-electron chi connectivity index (χ2n) is 5.80. The van der Waals surface area contributed by atoms with E-state index in [-0.39, 0.29) is 18.2 Å². The van der Waals surface area contributed by atoms with Crippen LogP contribution in [0.4, 0.5) is 4.39 Å². The molecule has 2 atom stereocenters. The van der Waals surface area contributed by atoms with Gasteiger partial charge in [-0.25, -0.2) is 4.39 Å². The van der Waals surface area contributed by atoms with Crippen LogP contribution >= 0.6 is 12.4 Å². The average Bonchev–Trinajstić information content (AvgIpc) is 2.40. The maximum Gasteiger partial charge on any atom is 0.123 e. The lowest BCUT2D eigenvalue weighted by Crippen LogP contribution is -2.38. The second-order valence-corrected chi connectivity index (χ2v) is 5.80. The summed E-state index contributed by atoms with van der Waals surface area (Å²) in [5, 5.41) is 0. The van der Waals surface area contributed by atoms with E-state index in [0.717, 1.165) is 25.4 Å². The minimum Gasteiger partial charge on any atom is -0.330 e. The minimum absolute atomic E-state index is 0. The zero-order valence-corrected chi connectivity index (χ0v) is 13.0. The number of benzene rings is 1. The standard InChI is InChI=1S/C16H25FN2.ClH/c1-13(15-4-6-16(17)7-5-15)11-19-10-2-3-14(12-19)8-9-18;/h4-7,13-14H,2-3,8-12,18H2,1H3;1H. The molecule has 1 saturated heterocycles. The van der Waals surface area contributed by atoms with E-state index in [1.807, 2.05) is 12.1 Å². The van der Waals surface area contributed by atoms with Gasteiger partial charge in [0.15, 0.2) is 0 Å². The van der Waals surface area contributed by atoms with Gasteiger partial charge in [-0.3, -0.25) is 0 Å². The molecular formula is C16H26ClFN2. The highest BCUT2D eigenvalue weighted by molar-refractivity contribution is 5.85. The molecule has 0 aromatic heterocycles. The van der Waals surface area contributed by atoms with Gasteiger partial charge in [0, 0.05) is 13.1 Å². The lowest BCUT2D eigenvalue weighted by atomic mass is 9.93. The number of nitrogens with two attached hydrogens (primary N) is 1.